The average Bonchev–Trinajstić information content (AvgIpc) is 3.51. The van der Waals surface area contributed by atoms with Crippen molar-refractivity contribution in [2.75, 3.05) is 0 Å². The Hall–Kier alpha value is -1.84. The number of amides is 2. The standard InChI is InChI=1S/C24H32N2O2/c27-23(21-11-15-4-6-19(21)9-15)25-13-17-2-1-3-18(8-17)14-26-24(28)22-12-16-5-7-20(22)10-16/h1-3,8,15-16,19-22H,4-7,9-14H2,(H,25,27)(H,26,28). The number of hydrogen-bond acceptors (Lipinski definition) is 2. The highest BCUT2D eigenvalue weighted by molar-refractivity contribution is 5.80. The van der Waals surface area contributed by atoms with Crippen LogP contribution in [-0.4, -0.2) is 11.8 Å². The van der Waals surface area contributed by atoms with Gasteiger partial charge in [0.15, 0.2) is 0 Å². The highest BCUT2D eigenvalue weighted by atomic mass is 16.2. The molecule has 1 aromatic rings. The Morgan fingerprint density at radius 1 is 0.750 bits per heavy atom. The Morgan fingerprint density at radius 2 is 1.25 bits per heavy atom. The zero-order chi connectivity index (χ0) is 19.1. The smallest absolute Gasteiger partial charge is 0.223 e. The third-order valence-electron chi connectivity index (χ3n) is 8.07. The van der Waals surface area contributed by atoms with Gasteiger partial charge in [-0.2, -0.15) is 0 Å². The van der Waals surface area contributed by atoms with E-state index in [9.17, 15) is 9.59 Å². The van der Waals surface area contributed by atoms with Crippen LogP contribution in [0.4, 0.5) is 0 Å². The van der Waals surface area contributed by atoms with E-state index in [4.69, 9.17) is 0 Å². The minimum atomic E-state index is 0.238. The van der Waals surface area contributed by atoms with Crippen LogP contribution in [0.1, 0.15) is 62.5 Å². The monoisotopic (exact) mass is 380 g/mol. The summed E-state index contributed by atoms with van der Waals surface area (Å²) in [5.41, 5.74) is 2.23. The van der Waals surface area contributed by atoms with Crippen molar-refractivity contribution in [1.82, 2.24) is 10.6 Å². The summed E-state index contributed by atoms with van der Waals surface area (Å²) in [6.07, 6.45) is 9.82. The SMILES string of the molecule is O=C(NCc1cccc(CNC(=O)C2CC3CCC2C3)c1)C1CC2CCC1C2. The fourth-order valence-corrected chi connectivity index (χ4v) is 6.62. The summed E-state index contributed by atoms with van der Waals surface area (Å²) in [6, 6.07) is 8.25. The summed E-state index contributed by atoms with van der Waals surface area (Å²) in [6.45, 7) is 1.17. The van der Waals surface area contributed by atoms with E-state index in [1.165, 1.54) is 38.5 Å². The quantitative estimate of drug-likeness (QED) is 0.789. The van der Waals surface area contributed by atoms with Gasteiger partial charge in [0.25, 0.3) is 0 Å². The van der Waals surface area contributed by atoms with Crippen molar-refractivity contribution < 1.29 is 9.59 Å². The highest BCUT2D eigenvalue weighted by Gasteiger charge is 2.43. The van der Waals surface area contributed by atoms with Crippen LogP contribution >= 0.6 is 0 Å². The number of hydrogen-bond donors (Lipinski definition) is 2. The number of nitrogens with one attached hydrogen (secondary N) is 2. The van der Waals surface area contributed by atoms with E-state index in [0.717, 1.165) is 35.8 Å². The van der Waals surface area contributed by atoms with E-state index in [1.54, 1.807) is 0 Å². The molecule has 0 aromatic heterocycles. The van der Waals surface area contributed by atoms with Crippen LogP contribution in [0, 0.1) is 35.5 Å². The molecule has 0 saturated heterocycles. The van der Waals surface area contributed by atoms with Crippen LogP contribution < -0.4 is 10.6 Å². The number of rotatable bonds is 6. The molecule has 4 nitrogen and oxygen atoms in total. The summed E-state index contributed by atoms with van der Waals surface area (Å²) < 4.78 is 0. The first-order chi connectivity index (χ1) is 13.7. The summed E-state index contributed by atoms with van der Waals surface area (Å²) in [4.78, 5) is 25.1. The molecule has 0 spiro atoms. The average molecular weight is 381 g/mol. The summed E-state index contributed by atoms with van der Waals surface area (Å²) in [5.74, 6) is 3.79. The Bertz CT molecular complexity index is 701. The molecule has 0 heterocycles. The van der Waals surface area contributed by atoms with Gasteiger partial charge in [-0.25, -0.2) is 0 Å². The predicted molar refractivity (Wildman–Crippen MR) is 108 cm³/mol. The normalized spacial score (nSPS) is 35.3. The third kappa shape index (κ3) is 3.58. The zero-order valence-corrected chi connectivity index (χ0v) is 16.7. The van der Waals surface area contributed by atoms with E-state index in [0.29, 0.717) is 24.9 Å². The maximum atomic E-state index is 12.6. The van der Waals surface area contributed by atoms with Gasteiger partial charge >= 0.3 is 0 Å². The fourth-order valence-electron chi connectivity index (χ4n) is 6.62. The van der Waals surface area contributed by atoms with Crippen LogP contribution in [-0.2, 0) is 22.7 Å². The molecule has 4 heteroatoms. The van der Waals surface area contributed by atoms with Gasteiger partial charge in [0, 0.05) is 24.9 Å². The molecule has 0 aliphatic heterocycles. The molecular weight excluding hydrogens is 348 g/mol. The van der Waals surface area contributed by atoms with Crippen molar-refractivity contribution in [1.29, 1.82) is 0 Å². The van der Waals surface area contributed by atoms with E-state index in [2.05, 4.69) is 28.8 Å². The first-order valence-electron chi connectivity index (χ1n) is 11.3. The molecule has 2 amide bonds. The topological polar surface area (TPSA) is 58.2 Å². The van der Waals surface area contributed by atoms with Crippen molar-refractivity contribution in [3.05, 3.63) is 35.4 Å². The van der Waals surface area contributed by atoms with Crippen molar-refractivity contribution >= 4 is 11.8 Å². The molecular formula is C24H32N2O2. The lowest BCUT2D eigenvalue weighted by Crippen LogP contribution is -2.33. The summed E-state index contributed by atoms with van der Waals surface area (Å²) in [5, 5.41) is 6.31. The molecule has 28 heavy (non-hydrogen) atoms. The Morgan fingerprint density at radius 3 is 1.64 bits per heavy atom. The third-order valence-corrected chi connectivity index (χ3v) is 8.07. The zero-order valence-electron chi connectivity index (χ0n) is 16.7. The highest BCUT2D eigenvalue weighted by Crippen LogP contribution is 2.49. The molecule has 1 aromatic carbocycles. The number of carbonyl (C=O) groups is 2. The number of fused-ring (bicyclic) bond motifs is 4. The molecule has 5 rings (SSSR count). The first kappa shape index (κ1) is 18.2. The Kier molecular flexibility index (Phi) is 4.90. The largest absolute Gasteiger partial charge is 0.352 e. The lowest BCUT2D eigenvalue weighted by molar-refractivity contribution is -0.127. The lowest BCUT2D eigenvalue weighted by Gasteiger charge is -2.21. The first-order valence-corrected chi connectivity index (χ1v) is 11.3. The van der Waals surface area contributed by atoms with Crippen LogP contribution in [0.5, 0.6) is 0 Å². The second kappa shape index (κ2) is 7.53. The molecule has 4 saturated carbocycles. The van der Waals surface area contributed by atoms with Crippen LogP contribution in [0.2, 0.25) is 0 Å². The van der Waals surface area contributed by atoms with E-state index >= 15 is 0 Å². The lowest BCUT2D eigenvalue weighted by atomic mass is 9.88. The summed E-state index contributed by atoms with van der Waals surface area (Å²) >= 11 is 0. The van der Waals surface area contributed by atoms with Crippen molar-refractivity contribution in [3.8, 4) is 0 Å². The molecule has 4 fully saturated rings. The maximum absolute atomic E-state index is 12.6. The van der Waals surface area contributed by atoms with Gasteiger partial charge in [0.2, 0.25) is 11.8 Å². The van der Waals surface area contributed by atoms with Crippen LogP contribution in [0.25, 0.3) is 0 Å². The second-order valence-corrected chi connectivity index (χ2v) is 9.82. The molecule has 4 bridgehead atoms. The molecule has 4 aliphatic carbocycles. The van der Waals surface area contributed by atoms with Gasteiger partial charge < -0.3 is 10.6 Å². The maximum Gasteiger partial charge on any atom is 0.223 e. The number of benzene rings is 1. The minimum Gasteiger partial charge on any atom is -0.352 e. The van der Waals surface area contributed by atoms with E-state index in [1.807, 2.05) is 6.07 Å². The molecule has 6 unspecified atom stereocenters. The molecule has 4 aliphatic rings. The minimum absolute atomic E-state index is 0.238. The van der Waals surface area contributed by atoms with E-state index < -0.39 is 0 Å². The van der Waals surface area contributed by atoms with Gasteiger partial charge in [0.05, 0.1) is 0 Å². The van der Waals surface area contributed by atoms with Gasteiger partial charge in [-0.1, -0.05) is 37.1 Å². The van der Waals surface area contributed by atoms with E-state index in [-0.39, 0.29) is 23.7 Å². The van der Waals surface area contributed by atoms with Crippen molar-refractivity contribution in [2.45, 2.75) is 64.5 Å². The molecule has 2 N–H and O–H groups in total. The number of carbonyl (C=O) groups excluding carboxylic acids is 2. The van der Waals surface area contributed by atoms with Gasteiger partial charge in [-0.3, -0.25) is 9.59 Å². The van der Waals surface area contributed by atoms with Crippen LogP contribution in [0.15, 0.2) is 24.3 Å². The van der Waals surface area contributed by atoms with Crippen LogP contribution in [0.3, 0.4) is 0 Å². The van der Waals surface area contributed by atoms with Crippen molar-refractivity contribution in [3.63, 3.8) is 0 Å². The second-order valence-electron chi connectivity index (χ2n) is 9.82. The van der Waals surface area contributed by atoms with Gasteiger partial charge in [-0.05, 0) is 73.3 Å². The predicted octanol–water partition coefficient (Wildman–Crippen LogP) is 3.79. The molecule has 6 atom stereocenters. The van der Waals surface area contributed by atoms with Crippen molar-refractivity contribution in [2.24, 2.45) is 35.5 Å². The van der Waals surface area contributed by atoms with Gasteiger partial charge in [-0.15, -0.1) is 0 Å². The van der Waals surface area contributed by atoms with Gasteiger partial charge in [0.1, 0.15) is 0 Å². The molecule has 0 radical (unpaired) electrons. The summed E-state index contributed by atoms with van der Waals surface area (Å²) in [7, 11) is 0. The Balaban J connectivity index is 1.11. The molecule has 150 valence electrons. The fraction of sp³-hybridized carbons (Fsp3) is 0.667. The Labute approximate surface area is 167 Å².